The van der Waals surface area contributed by atoms with Gasteiger partial charge in [0.1, 0.15) is 11.3 Å². The molecule has 0 saturated carbocycles. The van der Waals surface area contributed by atoms with Crippen molar-refractivity contribution in [1.82, 2.24) is 15.5 Å². The number of rotatable bonds is 4. The molecule has 3 aromatic rings. The zero-order chi connectivity index (χ0) is 24.6. The molecule has 6 rings (SSSR count). The van der Waals surface area contributed by atoms with Crippen LogP contribution in [0.15, 0.2) is 28.7 Å². The highest BCUT2D eigenvalue weighted by atomic mass is 19.1. The molecule has 2 aromatic carbocycles. The van der Waals surface area contributed by atoms with E-state index in [-0.39, 0.29) is 35.9 Å². The molecular formula is C25H20FN3O6. The normalized spacial score (nSPS) is 20.9. The first kappa shape index (κ1) is 21.3. The van der Waals surface area contributed by atoms with Gasteiger partial charge in [-0.3, -0.25) is 19.7 Å². The van der Waals surface area contributed by atoms with Crippen LogP contribution >= 0.6 is 0 Å². The summed E-state index contributed by atoms with van der Waals surface area (Å²) in [6.45, 7) is 1.55. The molecule has 2 aliphatic heterocycles. The van der Waals surface area contributed by atoms with Crippen molar-refractivity contribution in [2.24, 2.45) is 0 Å². The SMILES string of the molecule is COc1ccc2c(c1F)C(=O)N(C[C@@]1(c3cc4cc5c(c(C)c4o3)C(=O)CC5)NC(=O)NC1=O)C2. The molecule has 0 spiro atoms. The van der Waals surface area contributed by atoms with Crippen molar-refractivity contribution in [3.05, 3.63) is 63.7 Å². The summed E-state index contributed by atoms with van der Waals surface area (Å²) in [5.41, 5.74) is 1.25. The van der Waals surface area contributed by atoms with E-state index in [0.717, 1.165) is 5.56 Å². The van der Waals surface area contributed by atoms with Gasteiger partial charge in [0.05, 0.1) is 19.2 Å². The van der Waals surface area contributed by atoms with E-state index in [1.807, 2.05) is 6.07 Å². The predicted octanol–water partition coefficient (Wildman–Crippen LogP) is 2.71. The Kier molecular flexibility index (Phi) is 4.35. The number of ketones is 1. The summed E-state index contributed by atoms with van der Waals surface area (Å²) < 4.78 is 25.9. The summed E-state index contributed by atoms with van der Waals surface area (Å²) >= 11 is 0. The Hall–Kier alpha value is -4.21. The minimum Gasteiger partial charge on any atom is -0.494 e. The number of halogens is 1. The van der Waals surface area contributed by atoms with Crippen LogP contribution in [0.5, 0.6) is 5.75 Å². The van der Waals surface area contributed by atoms with Gasteiger partial charge in [-0.15, -0.1) is 0 Å². The number of hydrogen-bond donors (Lipinski definition) is 2. The molecule has 9 nitrogen and oxygen atoms in total. The summed E-state index contributed by atoms with van der Waals surface area (Å²) in [6.07, 6.45) is 1.07. The lowest BCUT2D eigenvalue weighted by molar-refractivity contribution is -0.125. The third kappa shape index (κ3) is 2.85. The average Bonchev–Trinajstić information content (AvgIpc) is 3.55. The quantitative estimate of drug-likeness (QED) is 0.558. The molecule has 1 aromatic heterocycles. The van der Waals surface area contributed by atoms with E-state index < -0.39 is 29.2 Å². The molecule has 3 aliphatic rings. The van der Waals surface area contributed by atoms with Gasteiger partial charge in [-0.1, -0.05) is 6.07 Å². The number of carbonyl (C=O) groups excluding carboxylic acids is 4. The number of imide groups is 1. The fraction of sp³-hybridized carbons (Fsp3) is 0.280. The molecule has 10 heteroatoms. The van der Waals surface area contributed by atoms with E-state index in [9.17, 15) is 23.6 Å². The largest absolute Gasteiger partial charge is 0.494 e. The molecule has 1 aliphatic carbocycles. The van der Waals surface area contributed by atoms with Crippen molar-refractivity contribution in [1.29, 1.82) is 0 Å². The number of Topliss-reactive ketones (excluding diaryl/α,β-unsaturated/α-hetero) is 1. The van der Waals surface area contributed by atoms with Crippen molar-refractivity contribution in [2.45, 2.75) is 31.8 Å². The van der Waals surface area contributed by atoms with Crippen LogP contribution in [0.3, 0.4) is 0 Å². The fourth-order valence-corrected chi connectivity index (χ4v) is 5.41. The molecule has 35 heavy (non-hydrogen) atoms. The second kappa shape index (κ2) is 7.14. The summed E-state index contributed by atoms with van der Waals surface area (Å²) in [5.74, 6) is -1.99. The first-order valence-corrected chi connectivity index (χ1v) is 11.1. The highest BCUT2D eigenvalue weighted by Crippen LogP contribution is 2.39. The van der Waals surface area contributed by atoms with Crippen LogP contribution in [0.2, 0.25) is 0 Å². The topological polar surface area (TPSA) is 118 Å². The lowest BCUT2D eigenvalue weighted by atomic mass is 9.94. The number of hydrogen-bond acceptors (Lipinski definition) is 6. The second-order valence-corrected chi connectivity index (χ2v) is 9.08. The molecule has 1 saturated heterocycles. The summed E-state index contributed by atoms with van der Waals surface area (Å²) in [7, 11) is 1.31. The number of benzene rings is 2. The molecule has 0 radical (unpaired) electrons. The standard InChI is InChI=1S/C25H20FN3O6/c1-11-18-12(3-5-15(18)30)7-14-8-17(35-21(11)14)25(23(32)27-24(33)28-25)10-29-9-13-4-6-16(34-2)20(26)19(13)22(29)31/h4,6-8H,3,5,9-10H2,1-2H3,(H2,27,28,32,33)/t25-/m0/s1. The van der Waals surface area contributed by atoms with E-state index in [1.54, 1.807) is 19.1 Å². The smallest absolute Gasteiger partial charge is 0.322 e. The van der Waals surface area contributed by atoms with Gasteiger partial charge in [-0.2, -0.15) is 0 Å². The van der Waals surface area contributed by atoms with Crippen LogP contribution in [0.4, 0.5) is 9.18 Å². The molecule has 1 fully saturated rings. The summed E-state index contributed by atoms with van der Waals surface area (Å²) in [4.78, 5) is 52.1. The number of ether oxygens (including phenoxy) is 1. The average molecular weight is 477 g/mol. The fourth-order valence-electron chi connectivity index (χ4n) is 5.41. The molecule has 178 valence electrons. The van der Waals surface area contributed by atoms with Crippen LogP contribution in [0, 0.1) is 12.7 Å². The Balaban J connectivity index is 1.44. The van der Waals surface area contributed by atoms with Crippen LogP contribution in [0.1, 0.15) is 49.6 Å². The molecule has 0 unspecified atom stereocenters. The monoisotopic (exact) mass is 477 g/mol. The molecule has 0 bridgehead atoms. The van der Waals surface area contributed by atoms with Gasteiger partial charge in [0.2, 0.25) is 0 Å². The van der Waals surface area contributed by atoms with Gasteiger partial charge < -0.3 is 19.4 Å². The minimum absolute atomic E-state index is 0.0388. The summed E-state index contributed by atoms with van der Waals surface area (Å²) in [6, 6.07) is 5.80. The van der Waals surface area contributed by atoms with Crippen molar-refractivity contribution in [3.63, 3.8) is 0 Å². The highest BCUT2D eigenvalue weighted by Gasteiger charge is 2.53. The maximum absolute atomic E-state index is 14.8. The van der Waals surface area contributed by atoms with Gasteiger partial charge in [-0.25, -0.2) is 9.18 Å². The number of furan rings is 1. The third-order valence-electron chi connectivity index (χ3n) is 7.09. The first-order valence-electron chi connectivity index (χ1n) is 11.1. The maximum atomic E-state index is 14.8. The number of methoxy groups -OCH3 is 1. The number of carbonyl (C=O) groups is 4. The van der Waals surface area contributed by atoms with Crippen LogP contribution in [-0.4, -0.2) is 42.2 Å². The zero-order valence-corrected chi connectivity index (χ0v) is 18.9. The minimum atomic E-state index is -1.73. The molecular weight excluding hydrogens is 457 g/mol. The lowest BCUT2D eigenvalue weighted by Gasteiger charge is -2.29. The van der Waals surface area contributed by atoms with Gasteiger partial charge in [0.25, 0.3) is 11.8 Å². The highest BCUT2D eigenvalue weighted by molar-refractivity contribution is 6.09. The second-order valence-electron chi connectivity index (χ2n) is 9.08. The first-order chi connectivity index (χ1) is 16.7. The Bertz CT molecular complexity index is 1510. The lowest BCUT2D eigenvalue weighted by Crippen LogP contribution is -2.52. The molecule has 2 N–H and O–H groups in total. The van der Waals surface area contributed by atoms with E-state index >= 15 is 0 Å². The van der Waals surface area contributed by atoms with Crippen LogP contribution in [-0.2, 0) is 23.3 Å². The third-order valence-corrected chi connectivity index (χ3v) is 7.09. The Morgan fingerprint density at radius 3 is 2.63 bits per heavy atom. The zero-order valence-electron chi connectivity index (χ0n) is 18.9. The van der Waals surface area contributed by atoms with Gasteiger partial charge in [0, 0.05) is 29.5 Å². The van der Waals surface area contributed by atoms with E-state index in [2.05, 4.69) is 10.6 Å². The number of fused-ring (bicyclic) bond motifs is 3. The number of nitrogens with one attached hydrogen (secondary N) is 2. The van der Waals surface area contributed by atoms with E-state index in [1.165, 1.54) is 18.1 Å². The number of amides is 4. The molecule has 4 amide bonds. The van der Waals surface area contributed by atoms with Gasteiger partial charge >= 0.3 is 6.03 Å². The predicted molar refractivity (Wildman–Crippen MR) is 120 cm³/mol. The Morgan fingerprint density at radius 1 is 1.11 bits per heavy atom. The Morgan fingerprint density at radius 2 is 1.91 bits per heavy atom. The molecule has 3 heterocycles. The van der Waals surface area contributed by atoms with Gasteiger partial charge in [-0.05, 0) is 42.7 Å². The van der Waals surface area contributed by atoms with Crippen molar-refractivity contribution in [2.75, 3.05) is 13.7 Å². The van der Waals surface area contributed by atoms with Crippen molar-refractivity contribution >= 4 is 34.6 Å². The van der Waals surface area contributed by atoms with Gasteiger partial charge in [0.15, 0.2) is 22.9 Å². The van der Waals surface area contributed by atoms with Crippen LogP contribution in [0.25, 0.3) is 11.0 Å². The van der Waals surface area contributed by atoms with E-state index in [4.69, 9.17) is 9.15 Å². The van der Waals surface area contributed by atoms with Crippen molar-refractivity contribution < 1.29 is 32.7 Å². The summed E-state index contributed by atoms with van der Waals surface area (Å²) in [5, 5.41) is 5.53. The van der Waals surface area contributed by atoms with E-state index in [0.29, 0.717) is 40.5 Å². The van der Waals surface area contributed by atoms with Crippen LogP contribution < -0.4 is 15.4 Å². The molecule has 1 atom stereocenters. The number of aryl methyl sites for hydroxylation is 2. The maximum Gasteiger partial charge on any atom is 0.322 e. The number of nitrogens with zero attached hydrogens (tertiary/aromatic N) is 1. The van der Waals surface area contributed by atoms with Crippen molar-refractivity contribution in [3.8, 4) is 5.75 Å². The Labute approximate surface area is 198 Å². The number of urea groups is 1.